The van der Waals surface area contributed by atoms with Crippen LogP contribution in [0.15, 0.2) is 6.07 Å². The van der Waals surface area contributed by atoms with Crippen molar-refractivity contribution >= 4 is 12.2 Å². The molecule has 1 aromatic rings. The van der Waals surface area contributed by atoms with Gasteiger partial charge in [0.2, 0.25) is 0 Å². The van der Waals surface area contributed by atoms with E-state index in [1.54, 1.807) is 0 Å². The van der Waals surface area contributed by atoms with E-state index in [0.29, 0.717) is 12.0 Å². The second kappa shape index (κ2) is 4.23. The van der Waals surface area contributed by atoms with E-state index in [4.69, 9.17) is 12.2 Å². The molecule has 72 valence electrons. The van der Waals surface area contributed by atoms with Crippen molar-refractivity contribution in [2.24, 2.45) is 5.73 Å². The molecule has 0 saturated carbocycles. The largest absolute Gasteiger partial charge is 0.364 e. The molecule has 14 heavy (non-hydrogen) atoms. The Morgan fingerprint density at radius 1 is 1.79 bits per heavy atom. The summed E-state index contributed by atoms with van der Waals surface area (Å²) in [5, 5.41) is 3.95. The standard InChI is InChI=1S/C9H9N3O2/c1-2-4-12-8(9(10)14)6-7(11-12)3-5-13/h1,5-6H,3-4H2,(H2,10,14). The molecule has 0 atom stereocenters. The lowest BCUT2D eigenvalue weighted by atomic mass is 10.3. The van der Waals surface area contributed by atoms with Crippen LogP contribution in [-0.2, 0) is 17.8 Å². The van der Waals surface area contributed by atoms with Crippen molar-refractivity contribution in [2.45, 2.75) is 13.0 Å². The van der Waals surface area contributed by atoms with Crippen molar-refractivity contribution in [3.63, 3.8) is 0 Å². The molecule has 0 aliphatic carbocycles. The third-order valence-corrected chi connectivity index (χ3v) is 1.62. The van der Waals surface area contributed by atoms with E-state index in [9.17, 15) is 9.59 Å². The molecule has 0 bridgehead atoms. The predicted octanol–water partition coefficient (Wildman–Crippen LogP) is -0.643. The van der Waals surface area contributed by atoms with Gasteiger partial charge in [-0.05, 0) is 6.07 Å². The molecule has 0 saturated heterocycles. The summed E-state index contributed by atoms with van der Waals surface area (Å²) >= 11 is 0. The Kier molecular flexibility index (Phi) is 3.02. The Hall–Kier alpha value is -2.09. The number of primary amides is 1. The molecule has 0 aliphatic rings. The average Bonchev–Trinajstić information content (AvgIpc) is 2.49. The molecule has 0 spiro atoms. The average molecular weight is 191 g/mol. The van der Waals surface area contributed by atoms with Gasteiger partial charge in [-0.2, -0.15) is 5.10 Å². The van der Waals surface area contributed by atoms with Crippen LogP contribution in [0.5, 0.6) is 0 Å². The quantitative estimate of drug-likeness (QED) is 0.507. The van der Waals surface area contributed by atoms with Gasteiger partial charge >= 0.3 is 0 Å². The molecule has 0 radical (unpaired) electrons. The normalized spacial score (nSPS) is 9.36. The number of hydrogen-bond donors (Lipinski definition) is 1. The Labute approximate surface area is 80.9 Å². The summed E-state index contributed by atoms with van der Waals surface area (Å²) in [5.74, 6) is 1.73. The molecule has 1 heterocycles. The van der Waals surface area contributed by atoms with Gasteiger partial charge in [0.05, 0.1) is 5.69 Å². The Balaban J connectivity index is 3.06. The third kappa shape index (κ3) is 1.98. The molecular formula is C9H9N3O2. The van der Waals surface area contributed by atoms with E-state index >= 15 is 0 Å². The topological polar surface area (TPSA) is 78.0 Å². The van der Waals surface area contributed by atoms with Crippen molar-refractivity contribution in [2.75, 3.05) is 0 Å². The van der Waals surface area contributed by atoms with Gasteiger partial charge in [0.1, 0.15) is 18.5 Å². The summed E-state index contributed by atoms with van der Waals surface area (Å²) in [6, 6.07) is 1.47. The zero-order chi connectivity index (χ0) is 10.6. The Bertz CT molecular complexity index is 401. The molecular weight excluding hydrogens is 182 g/mol. The maximum atomic E-state index is 10.9. The molecule has 0 aliphatic heterocycles. The van der Waals surface area contributed by atoms with Crippen molar-refractivity contribution in [3.8, 4) is 12.3 Å². The van der Waals surface area contributed by atoms with Crippen LogP contribution in [0.25, 0.3) is 0 Å². The van der Waals surface area contributed by atoms with Crippen LogP contribution in [0.1, 0.15) is 16.2 Å². The molecule has 5 heteroatoms. The summed E-state index contributed by atoms with van der Waals surface area (Å²) in [6.07, 6.45) is 5.93. The lowest BCUT2D eigenvalue weighted by molar-refractivity contribution is -0.107. The highest BCUT2D eigenvalue weighted by Crippen LogP contribution is 2.03. The van der Waals surface area contributed by atoms with Crippen LogP contribution in [-0.4, -0.2) is 22.0 Å². The number of hydrogen-bond acceptors (Lipinski definition) is 3. The highest BCUT2D eigenvalue weighted by Gasteiger charge is 2.11. The summed E-state index contributed by atoms with van der Waals surface area (Å²) in [7, 11) is 0. The third-order valence-electron chi connectivity index (χ3n) is 1.62. The number of amides is 1. The fourth-order valence-corrected chi connectivity index (χ4v) is 1.06. The lowest BCUT2D eigenvalue weighted by Crippen LogP contribution is -2.17. The number of aromatic nitrogens is 2. The van der Waals surface area contributed by atoms with Crippen LogP contribution in [0.4, 0.5) is 0 Å². The Morgan fingerprint density at radius 3 is 3.00 bits per heavy atom. The monoisotopic (exact) mass is 191 g/mol. The van der Waals surface area contributed by atoms with Gasteiger partial charge in [0.25, 0.3) is 5.91 Å². The SMILES string of the molecule is C#CCn1nc(CC=O)cc1C(N)=O. The number of nitrogens with zero attached hydrogens (tertiary/aromatic N) is 2. The molecule has 1 rings (SSSR count). The summed E-state index contributed by atoms with van der Waals surface area (Å²) in [6.45, 7) is 0.164. The molecule has 2 N–H and O–H groups in total. The van der Waals surface area contributed by atoms with E-state index in [2.05, 4.69) is 11.0 Å². The number of rotatable bonds is 4. The van der Waals surface area contributed by atoms with Gasteiger partial charge in [-0.3, -0.25) is 4.79 Å². The van der Waals surface area contributed by atoms with E-state index in [-0.39, 0.29) is 18.7 Å². The first kappa shape index (κ1) is 9.99. The second-order valence-electron chi connectivity index (χ2n) is 2.62. The summed E-state index contributed by atoms with van der Waals surface area (Å²) in [4.78, 5) is 21.1. The highest BCUT2D eigenvalue weighted by molar-refractivity contribution is 5.91. The number of terminal acetylenes is 1. The minimum absolute atomic E-state index is 0.151. The Morgan fingerprint density at radius 2 is 2.50 bits per heavy atom. The van der Waals surface area contributed by atoms with Gasteiger partial charge in [0.15, 0.2) is 0 Å². The van der Waals surface area contributed by atoms with Gasteiger partial charge in [0, 0.05) is 6.42 Å². The van der Waals surface area contributed by atoms with Gasteiger partial charge in [-0.15, -0.1) is 6.42 Å². The van der Waals surface area contributed by atoms with Crippen LogP contribution in [0.3, 0.4) is 0 Å². The van der Waals surface area contributed by atoms with Crippen molar-refractivity contribution in [1.29, 1.82) is 0 Å². The predicted molar refractivity (Wildman–Crippen MR) is 49.3 cm³/mol. The second-order valence-corrected chi connectivity index (χ2v) is 2.62. The number of carbonyl (C=O) groups excluding carboxylic acids is 2. The van der Waals surface area contributed by atoms with Crippen LogP contribution in [0.2, 0.25) is 0 Å². The summed E-state index contributed by atoms with van der Waals surface area (Å²) < 4.78 is 1.31. The minimum atomic E-state index is -0.607. The lowest BCUT2D eigenvalue weighted by Gasteiger charge is -1.97. The van der Waals surface area contributed by atoms with Crippen LogP contribution in [0, 0.1) is 12.3 Å². The van der Waals surface area contributed by atoms with Gasteiger partial charge in [-0.25, -0.2) is 4.68 Å². The van der Waals surface area contributed by atoms with Gasteiger partial charge < -0.3 is 10.5 Å². The maximum Gasteiger partial charge on any atom is 0.267 e. The minimum Gasteiger partial charge on any atom is -0.364 e. The fourth-order valence-electron chi connectivity index (χ4n) is 1.06. The molecule has 0 aromatic carbocycles. The summed E-state index contributed by atoms with van der Waals surface area (Å²) in [5.41, 5.74) is 5.81. The zero-order valence-electron chi connectivity index (χ0n) is 7.43. The first-order valence-corrected chi connectivity index (χ1v) is 3.92. The van der Waals surface area contributed by atoms with Gasteiger partial charge in [-0.1, -0.05) is 5.92 Å². The van der Waals surface area contributed by atoms with E-state index in [1.807, 2.05) is 0 Å². The molecule has 5 nitrogen and oxygen atoms in total. The number of carbonyl (C=O) groups is 2. The molecule has 0 fully saturated rings. The zero-order valence-corrected chi connectivity index (χ0v) is 7.43. The van der Waals surface area contributed by atoms with Crippen molar-refractivity contribution in [1.82, 2.24) is 9.78 Å². The first-order chi connectivity index (χ1) is 6.69. The number of nitrogens with two attached hydrogens (primary N) is 1. The van der Waals surface area contributed by atoms with Crippen LogP contribution >= 0.6 is 0 Å². The molecule has 1 aromatic heterocycles. The smallest absolute Gasteiger partial charge is 0.267 e. The highest BCUT2D eigenvalue weighted by atomic mass is 16.1. The van der Waals surface area contributed by atoms with E-state index in [0.717, 1.165) is 0 Å². The molecule has 1 amide bonds. The maximum absolute atomic E-state index is 10.9. The molecule has 0 unspecified atom stereocenters. The van der Waals surface area contributed by atoms with Crippen molar-refractivity contribution < 1.29 is 9.59 Å². The number of aldehydes is 1. The van der Waals surface area contributed by atoms with E-state index in [1.165, 1.54) is 10.7 Å². The van der Waals surface area contributed by atoms with Crippen LogP contribution < -0.4 is 5.73 Å². The fraction of sp³-hybridized carbons (Fsp3) is 0.222. The first-order valence-electron chi connectivity index (χ1n) is 3.92. The van der Waals surface area contributed by atoms with Crippen molar-refractivity contribution in [3.05, 3.63) is 17.5 Å². The van der Waals surface area contributed by atoms with E-state index < -0.39 is 5.91 Å².